The van der Waals surface area contributed by atoms with Crippen LogP contribution in [0, 0.1) is 0 Å². The van der Waals surface area contributed by atoms with Crippen molar-refractivity contribution in [1.29, 1.82) is 0 Å². The zero-order chi connectivity index (χ0) is 20.2. The molecule has 2 aliphatic rings. The van der Waals surface area contributed by atoms with E-state index >= 15 is 0 Å². The SMILES string of the molecule is COc1cc(C(=O)C2=C[C@H](O)[C@@H]3O[C@]3(C)[C@@H]2O)c(OC)c2c(OC)cccc12. The van der Waals surface area contributed by atoms with Crippen molar-refractivity contribution in [2.75, 3.05) is 21.3 Å². The van der Waals surface area contributed by atoms with Crippen LogP contribution in [0.1, 0.15) is 17.3 Å². The minimum absolute atomic E-state index is 0.0679. The van der Waals surface area contributed by atoms with E-state index < -0.39 is 29.7 Å². The van der Waals surface area contributed by atoms with Crippen molar-refractivity contribution in [1.82, 2.24) is 0 Å². The molecular formula is C21H22O7. The first kappa shape index (κ1) is 18.7. The van der Waals surface area contributed by atoms with Crippen LogP contribution >= 0.6 is 0 Å². The van der Waals surface area contributed by atoms with Gasteiger partial charge in [-0.05, 0) is 25.1 Å². The van der Waals surface area contributed by atoms with Crippen LogP contribution in [0.5, 0.6) is 17.2 Å². The van der Waals surface area contributed by atoms with E-state index in [0.717, 1.165) is 5.39 Å². The third-order valence-electron chi connectivity index (χ3n) is 5.58. The lowest BCUT2D eigenvalue weighted by Crippen LogP contribution is -2.41. The molecule has 1 aliphatic carbocycles. The number of aliphatic hydroxyl groups excluding tert-OH is 2. The van der Waals surface area contributed by atoms with Crippen LogP contribution in [0.3, 0.4) is 0 Å². The van der Waals surface area contributed by atoms with E-state index in [1.807, 2.05) is 12.1 Å². The second-order valence-electron chi connectivity index (χ2n) is 7.11. The van der Waals surface area contributed by atoms with Crippen LogP contribution in [0.2, 0.25) is 0 Å². The first-order chi connectivity index (χ1) is 13.4. The molecule has 2 N–H and O–H groups in total. The maximum absolute atomic E-state index is 13.4. The van der Waals surface area contributed by atoms with Crippen molar-refractivity contribution in [3.8, 4) is 17.2 Å². The smallest absolute Gasteiger partial charge is 0.195 e. The Kier molecular flexibility index (Phi) is 4.33. The number of aliphatic hydroxyl groups is 2. The van der Waals surface area contributed by atoms with Gasteiger partial charge in [-0.25, -0.2) is 0 Å². The zero-order valence-corrected chi connectivity index (χ0v) is 16.1. The second kappa shape index (κ2) is 6.48. The van der Waals surface area contributed by atoms with E-state index in [2.05, 4.69) is 0 Å². The third-order valence-corrected chi connectivity index (χ3v) is 5.58. The molecule has 2 aromatic rings. The summed E-state index contributed by atoms with van der Waals surface area (Å²) in [6.07, 6.45) is -1.27. The van der Waals surface area contributed by atoms with Gasteiger partial charge in [0.1, 0.15) is 41.2 Å². The third kappa shape index (κ3) is 2.51. The fourth-order valence-electron chi connectivity index (χ4n) is 3.99. The highest BCUT2D eigenvalue weighted by atomic mass is 16.6. The number of carbonyl (C=O) groups is 1. The maximum Gasteiger partial charge on any atom is 0.195 e. The number of fused-ring (bicyclic) bond motifs is 2. The molecule has 4 rings (SSSR count). The molecule has 7 nitrogen and oxygen atoms in total. The summed E-state index contributed by atoms with van der Waals surface area (Å²) in [6, 6.07) is 7.00. The van der Waals surface area contributed by atoms with E-state index in [1.165, 1.54) is 27.4 Å². The Morgan fingerprint density at radius 3 is 2.46 bits per heavy atom. The molecule has 0 unspecified atom stereocenters. The van der Waals surface area contributed by atoms with Crippen molar-refractivity contribution >= 4 is 16.6 Å². The largest absolute Gasteiger partial charge is 0.496 e. The summed E-state index contributed by atoms with van der Waals surface area (Å²) in [5.74, 6) is 0.837. The monoisotopic (exact) mass is 386 g/mol. The van der Waals surface area contributed by atoms with Gasteiger partial charge in [-0.3, -0.25) is 4.79 Å². The van der Waals surface area contributed by atoms with Gasteiger partial charge in [-0.15, -0.1) is 0 Å². The number of hydrogen-bond acceptors (Lipinski definition) is 7. The molecule has 1 heterocycles. The van der Waals surface area contributed by atoms with Gasteiger partial charge in [0.25, 0.3) is 0 Å². The van der Waals surface area contributed by atoms with Crippen LogP contribution in [-0.4, -0.2) is 61.2 Å². The number of benzene rings is 2. The molecule has 1 saturated heterocycles. The molecule has 7 heteroatoms. The molecule has 1 fully saturated rings. The van der Waals surface area contributed by atoms with Crippen molar-refractivity contribution in [3.63, 3.8) is 0 Å². The molecule has 0 aromatic heterocycles. The highest BCUT2D eigenvalue weighted by Crippen LogP contribution is 2.49. The Hall–Kier alpha value is -2.61. The minimum Gasteiger partial charge on any atom is -0.496 e. The van der Waals surface area contributed by atoms with Crippen LogP contribution in [0.4, 0.5) is 0 Å². The van der Waals surface area contributed by atoms with Crippen LogP contribution in [0.25, 0.3) is 10.8 Å². The highest BCUT2D eigenvalue weighted by Gasteiger charge is 2.64. The summed E-state index contributed by atoms with van der Waals surface area (Å²) in [5.41, 5.74) is -0.694. The number of methoxy groups -OCH3 is 3. The quantitative estimate of drug-likeness (QED) is 0.598. The Morgan fingerprint density at radius 1 is 1.11 bits per heavy atom. The average Bonchev–Trinajstić information content (AvgIpc) is 3.42. The molecule has 4 atom stereocenters. The Labute approximate surface area is 162 Å². The molecule has 1 aliphatic heterocycles. The minimum atomic E-state index is -1.16. The fourth-order valence-corrected chi connectivity index (χ4v) is 3.99. The van der Waals surface area contributed by atoms with E-state index in [0.29, 0.717) is 22.6 Å². The van der Waals surface area contributed by atoms with Gasteiger partial charge in [0.2, 0.25) is 0 Å². The summed E-state index contributed by atoms with van der Waals surface area (Å²) in [7, 11) is 4.51. The van der Waals surface area contributed by atoms with E-state index in [1.54, 1.807) is 19.1 Å². The van der Waals surface area contributed by atoms with Crippen LogP contribution in [-0.2, 0) is 4.74 Å². The van der Waals surface area contributed by atoms with Gasteiger partial charge >= 0.3 is 0 Å². The molecule has 28 heavy (non-hydrogen) atoms. The molecule has 0 amide bonds. The van der Waals surface area contributed by atoms with E-state index in [9.17, 15) is 15.0 Å². The number of rotatable bonds is 5. The van der Waals surface area contributed by atoms with Crippen molar-refractivity contribution in [2.45, 2.75) is 30.8 Å². The Bertz CT molecular complexity index is 996. The first-order valence-corrected chi connectivity index (χ1v) is 8.89. The molecule has 0 radical (unpaired) electrons. The van der Waals surface area contributed by atoms with E-state index in [-0.39, 0.29) is 11.1 Å². The number of hydrogen-bond donors (Lipinski definition) is 2. The fraction of sp³-hybridized carbons (Fsp3) is 0.381. The molecule has 0 spiro atoms. The summed E-state index contributed by atoms with van der Waals surface area (Å²) >= 11 is 0. The normalized spacial score (nSPS) is 28.4. The van der Waals surface area contributed by atoms with Gasteiger partial charge in [0.15, 0.2) is 5.78 Å². The first-order valence-electron chi connectivity index (χ1n) is 8.89. The van der Waals surface area contributed by atoms with Gasteiger partial charge in [0.05, 0.1) is 32.3 Å². The van der Waals surface area contributed by atoms with Crippen molar-refractivity contribution in [2.24, 2.45) is 0 Å². The number of ether oxygens (including phenoxy) is 4. The summed E-state index contributed by atoms with van der Waals surface area (Å²) in [6.45, 7) is 1.67. The lowest BCUT2D eigenvalue weighted by molar-refractivity contribution is 0.0854. The molecule has 0 saturated carbocycles. The average molecular weight is 386 g/mol. The van der Waals surface area contributed by atoms with Gasteiger partial charge in [0, 0.05) is 11.0 Å². The van der Waals surface area contributed by atoms with Gasteiger partial charge in [-0.2, -0.15) is 0 Å². The molecular weight excluding hydrogens is 364 g/mol. The molecule has 148 valence electrons. The number of carbonyl (C=O) groups excluding carboxylic acids is 1. The topological polar surface area (TPSA) is 97.8 Å². The standard InChI is InChI=1S/C21H22O7/c1-21-19(24)12(8-13(22)20(21)28-21)17(23)11-9-15(26-3)10-6-5-7-14(25-2)16(10)18(11)27-4/h5-9,13,19-20,22,24H,1-4H3/t13-,19+,20-,21+/m0/s1. The van der Waals surface area contributed by atoms with Crippen molar-refractivity contribution < 1.29 is 34.0 Å². The number of Topliss-reactive ketones (excluding diaryl/α,β-unsaturated/α-hetero) is 1. The lowest BCUT2D eigenvalue weighted by atomic mass is 9.82. The predicted molar refractivity (Wildman–Crippen MR) is 101 cm³/mol. The second-order valence-corrected chi connectivity index (χ2v) is 7.11. The number of epoxide rings is 1. The number of ketones is 1. The van der Waals surface area contributed by atoms with Crippen molar-refractivity contribution in [3.05, 3.63) is 41.5 Å². The van der Waals surface area contributed by atoms with Crippen LogP contribution in [0.15, 0.2) is 35.9 Å². The van der Waals surface area contributed by atoms with E-state index in [4.69, 9.17) is 18.9 Å². The summed E-state index contributed by atoms with van der Waals surface area (Å²) in [5, 5.41) is 22.2. The Balaban J connectivity index is 1.92. The van der Waals surface area contributed by atoms with Crippen LogP contribution < -0.4 is 14.2 Å². The highest BCUT2D eigenvalue weighted by molar-refractivity contribution is 6.16. The van der Waals surface area contributed by atoms with Gasteiger partial charge in [-0.1, -0.05) is 12.1 Å². The summed E-state index contributed by atoms with van der Waals surface area (Å²) < 4.78 is 22.0. The maximum atomic E-state index is 13.4. The predicted octanol–water partition coefficient (Wildman–Crippen LogP) is 1.87. The van der Waals surface area contributed by atoms with Gasteiger partial charge < -0.3 is 29.2 Å². The summed E-state index contributed by atoms with van der Waals surface area (Å²) in [4.78, 5) is 13.4. The molecule has 2 aromatic carbocycles. The zero-order valence-electron chi connectivity index (χ0n) is 16.1. The molecule has 0 bridgehead atoms. The lowest BCUT2D eigenvalue weighted by Gasteiger charge is -2.25. The Morgan fingerprint density at radius 2 is 1.82 bits per heavy atom.